The Bertz CT molecular complexity index is 728. The molecule has 0 saturated heterocycles. The molecule has 1 atom stereocenters. The molecule has 3 nitrogen and oxygen atoms in total. The monoisotopic (exact) mass is 323 g/mol. The van der Waals surface area contributed by atoms with E-state index in [2.05, 4.69) is 0 Å². The number of fused-ring (bicyclic) bond motifs is 1. The standard InChI is InChI=1S/C17H16F3NO2/c1-10-5-6-12(14(7-10)17(18,19)20)13-3-2-4-15-16(13)23-11(8-21)9-22-15/h2-7,11H,8-9,21H2,1H3/t11-/m0/s1. The lowest BCUT2D eigenvalue weighted by molar-refractivity contribution is -0.137. The first kappa shape index (κ1) is 15.7. The largest absolute Gasteiger partial charge is 0.486 e. The number of halogens is 3. The summed E-state index contributed by atoms with van der Waals surface area (Å²) in [7, 11) is 0. The van der Waals surface area contributed by atoms with Crippen LogP contribution in [0.2, 0.25) is 0 Å². The fourth-order valence-electron chi connectivity index (χ4n) is 2.59. The van der Waals surface area contributed by atoms with E-state index in [0.717, 1.165) is 6.07 Å². The van der Waals surface area contributed by atoms with E-state index in [1.165, 1.54) is 6.07 Å². The van der Waals surface area contributed by atoms with Crippen LogP contribution in [-0.2, 0) is 6.18 Å². The van der Waals surface area contributed by atoms with Gasteiger partial charge in [0, 0.05) is 12.1 Å². The summed E-state index contributed by atoms with van der Waals surface area (Å²) in [5, 5.41) is 0. The lowest BCUT2D eigenvalue weighted by Gasteiger charge is -2.28. The van der Waals surface area contributed by atoms with Crippen LogP contribution in [0.4, 0.5) is 13.2 Å². The maximum Gasteiger partial charge on any atom is 0.417 e. The van der Waals surface area contributed by atoms with Crippen molar-refractivity contribution in [2.75, 3.05) is 13.2 Å². The Balaban J connectivity index is 2.17. The third kappa shape index (κ3) is 2.99. The molecule has 0 fully saturated rings. The average molecular weight is 323 g/mol. The van der Waals surface area contributed by atoms with Gasteiger partial charge in [0.05, 0.1) is 5.56 Å². The van der Waals surface area contributed by atoms with Crippen molar-refractivity contribution in [3.63, 3.8) is 0 Å². The van der Waals surface area contributed by atoms with E-state index in [4.69, 9.17) is 15.2 Å². The predicted octanol–water partition coefficient (Wildman–Crippen LogP) is 3.78. The van der Waals surface area contributed by atoms with Crippen molar-refractivity contribution in [1.82, 2.24) is 0 Å². The number of ether oxygens (including phenoxy) is 2. The molecule has 0 aromatic heterocycles. The normalized spacial score (nSPS) is 17.2. The van der Waals surface area contributed by atoms with E-state index < -0.39 is 11.7 Å². The third-order valence-electron chi connectivity index (χ3n) is 3.72. The smallest absolute Gasteiger partial charge is 0.417 e. The van der Waals surface area contributed by atoms with Gasteiger partial charge < -0.3 is 15.2 Å². The minimum absolute atomic E-state index is 0.0706. The van der Waals surface area contributed by atoms with Crippen molar-refractivity contribution in [3.8, 4) is 22.6 Å². The highest BCUT2D eigenvalue weighted by Gasteiger charge is 2.35. The molecule has 0 amide bonds. The van der Waals surface area contributed by atoms with Gasteiger partial charge in [0.15, 0.2) is 11.5 Å². The Morgan fingerprint density at radius 1 is 1.17 bits per heavy atom. The van der Waals surface area contributed by atoms with Crippen molar-refractivity contribution in [3.05, 3.63) is 47.5 Å². The summed E-state index contributed by atoms with van der Waals surface area (Å²) < 4.78 is 51.5. The summed E-state index contributed by atoms with van der Waals surface area (Å²) in [6.07, 6.45) is -4.82. The third-order valence-corrected chi connectivity index (χ3v) is 3.72. The number of para-hydroxylation sites is 1. The molecule has 3 rings (SSSR count). The molecular formula is C17H16F3NO2. The molecule has 0 unspecified atom stereocenters. The van der Waals surface area contributed by atoms with Gasteiger partial charge in [-0.2, -0.15) is 13.2 Å². The van der Waals surface area contributed by atoms with Crippen LogP contribution in [0.5, 0.6) is 11.5 Å². The second-order valence-electron chi connectivity index (χ2n) is 5.47. The highest BCUT2D eigenvalue weighted by molar-refractivity contribution is 5.77. The Kier molecular flexibility index (Phi) is 3.93. The Hall–Kier alpha value is -2.21. The average Bonchev–Trinajstić information content (AvgIpc) is 2.53. The predicted molar refractivity (Wildman–Crippen MR) is 80.6 cm³/mol. The van der Waals surface area contributed by atoms with Crippen LogP contribution >= 0.6 is 0 Å². The van der Waals surface area contributed by atoms with E-state index in [-0.39, 0.29) is 24.8 Å². The first-order valence-corrected chi connectivity index (χ1v) is 7.21. The SMILES string of the molecule is Cc1ccc(-c2cccc3c2O[C@@H](CN)CO3)c(C(F)(F)F)c1. The Labute approximate surface area is 131 Å². The maximum absolute atomic E-state index is 13.4. The van der Waals surface area contributed by atoms with E-state index in [1.807, 2.05) is 0 Å². The molecule has 2 aromatic rings. The molecule has 23 heavy (non-hydrogen) atoms. The second-order valence-corrected chi connectivity index (χ2v) is 5.47. The lowest BCUT2D eigenvalue weighted by atomic mass is 9.96. The molecule has 122 valence electrons. The number of aryl methyl sites for hydroxylation is 1. The van der Waals surface area contributed by atoms with Gasteiger partial charge in [-0.25, -0.2) is 0 Å². The van der Waals surface area contributed by atoms with Crippen molar-refractivity contribution in [2.24, 2.45) is 5.73 Å². The lowest BCUT2D eigenvalue weighted by Crippen LogP contribution is -2.35. The van der Waals surface area contributed by atoms with Gasteiger partial charge >= 0.3 is 6.18 Å². The van der Waals surface area contributed by atoms with Crippen LogP contribution in [0.1, 0.15) is 11.1 Å². The van der Waals surface area contributed by atoms with Gasteiger partial charge in [0.1, 0.15) is 12.7 Å². The van der Waals surface area contributed by atoms with Crippen LogP contribution < -0.4 is 15.2 Å². The molecule has 0 bridgehead atoms. The second kappa shape index (κ2) is 5.77. The summed E-state index contributed by atoms with van der Waals surface area (Å²) >= 11 is 0. The first-order valence-electron chi connectivity index (χ1n) is 7.21. The van der Waals surface area contributed by atoms with Crippen LogP contribution in [0.15, 0.2) is 36.4 Å². The molecule has 0 radical (unpaired) electrons. The first-order chi connectivity index (χ1) is 10.9. The highest BCUT2D eigenvalue weighted by Crippen LogP contribution is 2.45. The fraction of sp³-hybridized carbons (Fsp3) is 0.294. The number of rotatable bonds is 2. The zero-order chi connectivity index (χ0) is 16.6. The van der Waals surface area contributed by atoms with Gasteiger partial charge in [-0.05, 0) is 24.6 Å². The van der Waals surface area contributed by atoms with E-state index in [9.17, 15) is 13.2 Å². The van der Waals surface area contributed by atoms with Gasteiger partial charge in [-0.3, -0.25) is 0 Å². The zero-order valence-corrected chi connectivity index (χ0v) is 12.5. The van der Waals surface area contributed by atoms with Gasteiger partial charge in [0.2, 0.25) is 0 Å². The number of hydrogen-bond donors (Lipinski definition) is 1. The number of benzene rings is 2. The van der Waals surface area contributed by atoms with Crippen LogP contribution in [0, 0.1) is 6.92 Å². The van der Waals surface area contributed by atoms with E-state index in [1.54, 1.807) is 31.2 Å². The fourth-order valence-corrected chi connectivity index (χ4v) is 2.59. The molecular weight excluding hydrogens is 307 g/mol. The van der Waals surface area contributed by atoms with Crippen molar-refractivity contribution in [2.45, 2.75) is 19.2 Å². The van der Waals surface area contributed by atoms with Gasteiger partial charge in [-0.1, -0.05) is 29.8 Å². The summed E-state index contributed by atoms with van der Waals surface area (Å²) in [4.78, 5) is 0. The summed E-state index contributed by atoms with van der Waals surface area (Å²) in [5.41, 5.74) is 5.86. The molecule has 2 aromatic carbocycles. The van der Waals surface area contributed by atoms with Crippen molar-refractivity contribution in [1.29, 1.82) is 0 Å². The summed E-state index contributed by atoms with van der Waals surface area (Å²) in [5.74, 6) is 0.740. The quantitative estimate of drug-likeness (QED) is 0.915. The minimum Gasteiger partial charge on any atom is -0.486 e. The topological polar surface area (TPSA) is 44.5 Å². The summed E-state index contributed by atoms with van der Waals surface area (Å²) in [6, 6.07) is 9.17. The molecule has 1 aliphatic rings. The molecule has 0 spiro atoms. The molecule has 1 heterocycles. The zero-order valence-electron chi connectivity index (χ0n) is 12.5. The minimum atomic E-state index is -4.45. The van der Waals surface area contributed by atoms with Crippen LogP contribution in [0.3, 0.4) is 0 Å². The van der Waals surface area contributed by atoms with Crippen molar-refractivity contribution >= 4 is 0 Å². The van der Waals surface area contributed by atoms with E-state index in [0.29, 0.717) is 22.6 Å². The van der Waals surface area contributed by atoms with E-state index >= 15 is 0 Å². The molecule has 2 N–H and O–H groups in total. The van der Waals surface area contributed by atoms with Gasteiger partial charge in [0.25, 0.3) is 0 Å². The number of alkyl halides is 3. The Morgan fingerprint density at radius 2 is 1.96 bits per heavy atom. The summed E-state index contributed by atoms with van der Waals surface area (Å²) in [6.45, 7) is 2.14. The van der Waals surface area contributed by atoms with Crippen molar-refractivity contribution < 1.29 is 22.6 Å². The molecule has 0 saturated carbocycles. The Morgan fingerprint density at radius 3 is 2.65 bits per heavy atom. The molecule has 6 heteroatoms. The molecule has 1 aliphatic heterocycles. The molecule has 0 aliphatic carbocycles. The van der Waals surface area contributed by atoms with Gasteiger partial charge in [-0.15, -0.1) is 0 Å². The number of hydrogen-bond acceptors (Lipinski definition) is 3. The maximum atomic E-state index is 13.4. The number of nitrogens with two attached hydrogens (primary N) is 1. The highest BCUT2D eigenvalue weighted by atomic mass is 19.4. The van der Waals surface area contributed by atoms with Crippen LogP contribution in [0.25, 0.3) is 11.1 Å². The van der Waals surface area contributed by atoms with Crippen LogP contribution in [-0.4, -0.2) is 19.3 Å².